The van der Waals surface area contributed by atoms with Crippen LogP contribution in [0.3, 0.4) is 0 Å². The number of allylic oxidation sites excluding steroid dienone is 4. The number of alkyl halides is 1. The van der Waals surface area contributed by atoms with Gasteiger partial charge in [-0.05, 0) is 60.7 Å². The van der Waals surface area contributed by atoms with Crippen LogP contribution in [-0.2, 0) is 11.2 Å². The van der Waals surface area contributed by atoms with Gasteiger partial charge in [-0.2, -0.15) is 0 Å². The lowest BCUT2D eigenvalue weighted by Crippen LogP contribution is -2.23. The van der Waals surface area contributed by atoms with Crippen molar-refractivity contribution in [3.8, 4) is 5.75 Å². The molecule has 1 aliphatic carbocycles. The second-order valence-electron chi connectivity index (χ2n) is 5.92. The van der Waals surface area contributed by atoms with E-state index in [1.807, 2.05) is 24.3 Å². The molecule has 1 aliphatic rings. The minimum absolute atomic E-state index is 0.258. The number of hydrogen-bond acceptors (Lipinski definition) is 3. The normalized spacial score (nSPS) is 17.5. The number of carbonyl (C=O) groups is 1. The van der Waals surface area contributed by atoms with Crippen molar-refractivity contribution in [2.75, 3.05) is 7.11 Å². The standard InChI is InChI=1S/C21H19FNO2/c1-14-17(7-6-15-4-3-5-18(12-15)25-2)13-19(20(22)21(14)24)16-8-10-23-11-9-16/h3-5,8-13,20H,1,6-7H2,2H3. The van der Waals surface area contributed by atoms with E-state index in [4.69, 9.17) is 4.74 Å². The summed E-state index contributed by atoms with van der Waals surface area (Å²) in [5.41, 5.74) is 3.16. The highest BCUT2D eigenvalue weighted by atomic mass is 19.1. The van der Waals surface area contributed by atoms with Crippen LogP contribution < -0.4 is 4.74 Å². The van der Waals surface area contributed by atoms with Gasteiger partial charge < -0.3 is 4.74 Å². The van der Waals surface area contributed by atoms with Gasteiger partial charge in [0.2, 0.25) is 0 Å². The summed E-state index contributed by atoms with van der Waals surface area (Å²) in [5.74, 6) is 0.229. The number of ether oxygens (including phenoxy) is 1. The first kappa shape index (κ1) is 17.1. The fourth-order valence-electron chi connectivity index (χ4n) is 2.90. The van der Waals surface area contributed by atoms with Crippen molar-refractivity contribution < 1.29 is 13.9 Å². The zero-order chi connectivity index (χ0) is 17.8. The van der Waals surface area contributed by atoms with Crippen molar-refractivity contribution >= 4 is 11.4 Å². The van der Waals surface area contributed by atoms with Crippen LogP contribution in [0.2, 0.25) is 0 Å². The van der Waals surface area contributed by atoms with Crippen molar-refractivity contribution in [3.05, 3.63) is 84.1 Å². The summed E-state index contributed by atoms with van der Waals surface area (Å²) in [7, 11) is 1.63. The van der Waals surface area contributed by atoms with Gasteiger partial charge in [0.05, 0.1) is 7.11 Å². The SMILES string of the molecule is [CH2]C1=C(CCc2cccc(OC)c2)C=C(c2ccncc2)C(F)C1=O. The van der Waals surface area contributed by atoms with Gasteiger partial charge in [0.15, 0.2) is 12.0 Å². The van der Waals surface area contributed by atoms with Crippen LogP contribution in [0.1, 0.15) is 17.5 Å². The molecule has 2 aromatic rings. The third kappa shape index (κ3) is 3.68. The van der Waals surface area contributed by atoms with Gasteiger partial charge in [-0.25, -0.2) is 4.39 Å². The fourth-order valence-corrected chi connectivity index (χ4v) is 2.90. The molecule has 0 spiro atoms. The number of halogens is 1. The van der Waals surface area contributed by atoms with E-state index >= 15 is 0 Å². The van der Waals surface area contributed by atoms with E-state index in [1.54, 1.807) is 37.7 Å². The molecule has 4 heteroatoms. The summed E-state index contributed by atoms with van der Waals surface area (Å²) in [5, 5.41) is 0. The maximum Gasteiger partial charge on any atom is 0.197 e. The van der Waals surface area contributed by atoms with Crippen LogP contribution >= 0.6 is 0 Å². The highest BCUT2D eigenvalue weighted by Gasteiger charge is 2.30. The number of rotatable bonds is 5. The van der Waals surface area contributed by atoms with E-state index in [1.165, 1.54) is 0 Å². The molecule has 0 amide bonds. The molecule has 1 unspecified atom stereocenters. The fraction of sp³-hybridized carbons (Fsp3) is 0.190. The van der Waals surface area contributed by atoms with Crippen LogP contribution in [0.25, 0.3) is 5.57 Å². The molecule has 0 saturated heterocycles. The van der Waals surface area contributed by atoms with Gasteiger partial charge >= 0.3 is 0 Å². The first-order valence-corrected chi connectivity index (χ1v) is 8.08. The Balaban J connectivity index is 1.86. The molecular weight excluding hydrogens is 317 g/mol. The summed E-state index contributed by atoms with van der Waals surface area (Å²) in [4.78, 5) is 16.2. The Bertz CT molecular complexity index is 840. The zero-order valence-corrected chi connectivity index (χ0v) is 14.0. The summed E-state index contributed by atoms with van der Waals surface area (Å²) in [6.07, 6.45) is 4.59. The summed E-state index contributed by atoms with van der Waals surface area (Å²) in [6, 6.07) is 11.2. The monoisotopic (exact) mass is 336 g/mol. The van der Waals surface area contributed by atoms with Crippen LogP contribution in [-0.4, -0.2) is 24.0 Å². The number of Topliss-reactive ketones (excluding diaryl/α,β-unsaturated/α-hetero) is 1. The molecule has 1 heterocycles. The molecule has 25 heavy (non-hydrogen) atoms. The molecule has 1 atom stereocenters. The number of aryl methyl sites for hydroxylation is 1. The molecular formula is C21H19FNO2. The minimum Gasteiger partial charge on any atom is -0.497 e. The molecule has 1 aromatic carbocycles. The highest BCUT2D eigenvalue weighted by Crippen LogP contribution is 2.32. The maximum absolute atomic E-state index is 14.5. The molecule has 0 aliphatic heterocycles. The van der Waals surface area contributed by atoms with Gasteiger partial charge in [-0.15, -0.1) is 0 Å². The third-order valence-electron chi connectivity index (χ3n) is 4.35. The summed E-state index contributed by atoms with van der Waals surface area (Å²) >= 11 is 0. The van der Waals surface area contributed by atoms with E-state index < -0.39 is 12.0 Å². The number of carbonyl (C=O) groups excluding carboxylic acids is 1. The second-order valence-corrected chi connectivity index (χ2v) is 5.92. The van der Waals surface area contributed by atoms with Gasteiger partial charge in [0.1, 0.15) is 5.75 Å². The Kier molecular flexibility index (Phi) is 5.08. The number of hydrogen-bond donors (Lipinski definition) is 0. The molecule has 1 aromatic heterocycles. The van der Waals surface area contributed by atoms with Crippen molar-refractivity contribution in [3.63, 3.8) is 0 Å². The van der Waals surface area contributed by atoms with Crippen LogP contribution in [0.15, 0.2) is 66.0 Å². The Hall–Kier alpha value is -2.75. The van der Waals surface area contributed by atoms with Crippen LogP contribution in [0, 0.1) is 6.92 Å². The largest absolute Gasteiger partial charge is 0.497 e. The molecule has 0 saturated carbocycles. The number of aromatic nitrogens is 1. The average molecular weight is 336 g/mol. The predicted octanol–water partition coefficient (Wildman–Crippen LogP) is 4.16. The second kappa shape index (κ2) is 7.43. The van der Waals surface area contributed by atoms with Gasteiger partial charge in [0, 0.05) is 23.5 Å². The van der Waals surface area contributed by atoms with E-state index in [0.29, 0.717) is 17.6 Å². The lowest BCUT2D eigenvalue weighted by Gasteiger charge is -2.21. The minimum atomic E-state index is -1.67. The van der Waals surface area contributed by atoms with Crippen molar-refractivity contribution in [1.82, 2.24) is 4.98 Å². The van der Waals surface area contributed by atoms with E-state index in [2.05, 4.69) is 11.9 Å². The molecule has 127 valence electrons. The van der Waals surface area contributed by atoms with Crippen molar-refractivity contribution in [2.24, 2.45) is 0 Å². The first-order chi connectivity index (χ1) is 12.1. The Morgan fingerprint density at radius 3 is 2.68 bits per heavy atom. The number of ketones is 1. The number of benzene rings is 1. The van der Waals surface area contributed by atoms with Crippen molar-refractivity contribution in [1.29, 1.82) is 0 Å². The molecule has 3 nitrogen and oxygen atoms in total. The lowest BCUT2D eigenvalue weighted by atomic mass is 9.85. The summed E-state index contributed by atoms with van der Waals surface area (Å²) < 4.78 is 19.7. The lowest BCUT2D eigenvalue weighted by molar-refractivity contribution is -0.118. The van der Waals surface area contributed by atoms with Crippen molar-refractivity contribution in [2.45, 2.75) is 19.0 Å². The van der Waals surface area contributed by atoms with E-state index in [9.17, 15) is 9.18 Å². The summed E-state index contributed by atoms with van der Waals surface area (Å²) in [6.45, 7) is 3.79. The quantitative estimate of drug-likeness (QED) is 0.823. The topological polar surface area (TPSA) is 39.2 Å². The Morgan fingerprint density at radius 2 is 1.96 bits per heavy atom. The molecule has 3 rings (SSSR count). The molecule has 0 bridgehead atoms. The number of pyridine rings is 1. The zero-order valence-electron chi connectivity index (χ0n) is 14.0. The van der Waals surface area contributed by atoms with Gasteiger partial charge in [-0.3, -0.25) is 9.78 Å². The van der Waals surface area contributed by atoms with E-state index in [0.717, 1.165) is 23.3 Å². The van der Waals surface area contributed by atoms with Crippen LogP contribution in [0.5, 0.6) is 5.75 Å². The highest BCUT2D eigenvalue weighted by molar-refractivity contribution is 6.10. The molecule has 0 fully saturated rings. The number of nitrogens with zero attached hydrogens (tertiary/aromatic N) is 1. The van der Waals surface area contributed by atoms with Gasteiger partial charge in [0.25, 0.3) is 0 Å². The average Bonchev–Trinajstić information content (AvgIpc) is 2.66. The maximum atomic E-state index is 14.5. The van der Waals surface area contributed by atoms with Crippen LogP contribution in [0.4, 0.5) is 4.39 Å². The Labute approximate surface area is 146 Å². The molecule has 0 N–H and O–H groups in total. The smallest absolute Gasteiger partial charge is 0.197 e. The third-order valence-corrected chi connectivity index (χ3v) is 4.35. The first-order valence-electron chi connectivity index (χ1n) is 8.08. The predicted molar refractivity (Wildman–Crippen MR) is 95.8 cm³/mol. The van der Waals surface area contributed by atoms with Gasteiger partial charge in [-0.1, -0.05) is 18.2 Å². The number of methoxy groups -OCH3 is 1. The molecule has 1 radical (unpaired) electrons. The van der Waals surface area contributed by atoms with E-state index in [-0.39, 0.29) is 5.57 Å². The Morgan fingerprint density at radius 1 is 1.20 bits per heavy atom.